The third-order valence-electron chi connectivity index (χ3n) is 3.25. The van der Waals surface area contributed by atoms with Crippen LogP contribution in [-0.4, -0.2) is 49.6 Å². The number of ether oxygens (including phenoxy) is 1. The molecule has 1 aromatic carbocycles. The minimum absolute atomic E-state index is 0.0531. The van der Waals surface area contributed by atoms with Crippen molar-refractivity contribution in [1.82, 2.24) is 10.2 Å². The lowest BCUT2D eigenvalue weighted by atomic mass is 10.1. The van der Waals surface area contributed by atoms with Gasteiger partial charge in [-0.25, -0.2) is 0 Å². The van der Waals surface area contributed by atoms with E-state index in [1.54, 1.807) is 20.2 Å². The first-order valence-corrected chi connectivity index (χ1v) is 6.66. The first kappa shape index (κ1) is 17.1. The van der Waals surface area contributed by atoms with Gasteiger partial charge >= 0.3 is 0 Å². The van der Waals surface area contributed by atoms with Crippen LogP contribution in [0.5, 0.6) is 0 Å². The van der Waals surface area contributed by atoms with Crippen LogP contribution in [0.1, 0.15) is 18.5 Å². The molecule has 0 aliphatic heterocycles. The number of carbonyl (C=O) groups is 1. The number of likely N-dealkylation sites (N-methyl/N-ethyl adjacent to an activating group) is 1. The summed E-state index contributed by atoms with van der Waals surface area (Å²) in [6.07, 6.45) is 0. The number of non-ortho nitro benzene ring substituents is 1. The molecular formula is C14H21N3O4. The van der Waals surface area contributed by atoms with Crippen LogP contribution in [0.25, 0.3) is 0 Å². The first-order valence-electron chi connectivity index (χ1n) is 6.66. The van der Waals surface area contributed by atoms with E-state index in [4.69, 9.17) is 4.74 Å². The predicted octanol–water partition coefficient (Wildman–Crippen LogP) is 1.35. The molecule has 0 saturated carbocycles. The molecule has 0 aliphatic rings. The lowest BCUT2D eigenvalue weighted by Crippen LogP contribution is -2.37. The number of hydrogen-bond acceptors (Lipinski definition) is 5. The van der Waals surface area contributed by atoms with Crippen molar-refractivity contribution in [3.63, 3.8) is 0 Å². The number of hydrogen-bond donors (Lipinski definition) is 1. The molecule has 1 N–H and O–H groups in total. The van der Waals surface area contributed by atoms with E-state index in [-0.39, 0.29) is 24.2 Å². The summed E-state index contributed by atoms with van der Waals surface area (Å²) in [5.41, 5.74) is 0.855. The van der Waals surface area contributed by atoms with Gasteiger partial charge in [0.15, 0.2) is 0 Å². The number of nitro benzene ring substituents is 1. The van der Waals surface area contributed by atoms with Crippen molar-refractivity contribution in [2.45, 2.75) is 13.0 Å². The average Bonchev–Trinajstić information content (AvgIpc) is 2.46. The van der Waals surface area contributed by atoms with Gasteiger partial charge in [0.2, 0.25) is 5.91 Å². The summed E-state index contributed by atoms with van der Waals surface area (Å²) in [5.74, 6) is -0.105. The largest absolute Gasteiger partial charge is 0.383 e. The summed E-state index contributed by atoms with van der Waals surface area (Å²) < 4.78 is 4.86. The number of amides is 1. The minimum atomic E-state index is -0.423. The summed E-state index contributed by atoms with van der Waals surface area (Å²) in [7, 11) is 3.38. The Morgan fingerprint density at radius 1 is 1.52 bits per heavy atom. The molecule has 0 aromatic heterocycles. The highest BCUT2D eigenvalue weighted by molar-refractivity contribution is 5.78. The zero-order valence-corrected chi connectivity index (χ0v) is 12.5. The Morgan fingerprint density at radius 3 is 2.86 bits per heavy atom. The number of nitrogens with one attached hydrogen (secondary N) is 1. The quantitative estimate of drug-likeness (QED) is 0.444. The maximum absolute atomic E-state index is 11.7. The van der Waals surface area contributed by atoms with Gasteiger partial charge in [0, 0.05) is 31.8 Å². The zero-order valence-electron chi connectivity index (χ0n) is 12.5. The maximum Gasteiger partial charge on any atom is 0.269 e. The topological polar surface area (TPSA) is 84.7 Å². The van der Waals surface area contributed by atoms with Crippen molar-refractivity contribution < 1.29 is 14.5 Å². The van der Waals surface area contributed by atoms with E-state index in [0.717, 1.165) is 5.56 Å². The van der Waals surface area contributed by atoms with Gasteiger partial charge in [-0.2, -0.15) is 0 Å². The van der Waals surface area contributed by atoms with Gasteiger partial charge in [0.1, 0.15) is 0 Å². The second-order valence-corrected chi connectivity index (χ2v) is 4.79. The summed E-state index contributed by atoms with van der Waals surface area (Å²) in [5, 5.41) is 13.5. The molecule has 0 radical (unpaired) electrons. The Morgan fingerprint density at radius 2 is 2.24 bits per heavy atom. The van der Waals surface area contributed by atoms with E-state index in [0.29, 0.717) is 13.2 Å². The van der Waals surface area contributed by atoms with Crippen LogP contribution < -0.4 is 5.32 Å². The Labute approximate surface area is 124 Å². The van der Waals surface area contributed by atoms with Gasteiger partial charge in [-0.1, -0.05) is 12.1 Å². The monoisotopic (exact) mass is 295 g/mol. The van der Waals surface area contributed by atoms with Crippen LogP contribution in [0.2, 0.25) is 0 Å². The zero-order chi connectivity index (χ0) is 15.8. The SMILES string of the molecule is COCCNC(=O)CN(C)C(C)c1cccc([N+](=O)[O-])c1. The van der Waals surface area contributed by atoms with Crippen molar-refractivity contribution in [2.24, 2.45) is 0 Å². The van der Waals surface area contributed by atoms with E-state index in [9.17, 15) is 14.9 Å². The van der Waals surface area contributed by atoms with Crippen LogP contribution in [0.15, 0.2) is 24.3 Å². The van der Waals surface area contributed by atoms with Crippen LogP contribution in [-0.2, 0) is 9.53 Å². The molecule has 1 unspecified atom stereocenters. The van der Waals surface area contributed by atoms with Crippen molar-refractivity contribution in [3.05, 3.63) is 39.9 Å². The smallest absolute Gasteiger partial charge is 0.269 e. The van der Waals surface area contributed by atoms with Gasteiger partial charge in [-0.05, 0) is 19.5 Å². The van der Waals surface area contributed by atoms with E-state index < -0.39 is 4.92 Å². The van der Waals surface area contributed by atoms with Crippen molar-refractivity contribution in [3.8, 4) is 0 Å². The van der Waals surface area contributed by atoms with Crippen LogP contribution in [0.3, 0.4) is 0 Å². The predicted molar refractivity (Wildman–Crippen MR) is 79.0 cm³/mol. The van der Waals surface area contributed by atoms with Crippen LogP contribution in [0.4, 0.5) is 5.69 Å². The first-order chi connectivity index (χ1) is 9.95. The number of benzene rings is 1. The van der Waals surface area contributed by atoms with Gasteiger partial charge < -0.3 is 10.1 Å². The number of nitrogens with zero attached hydrogens (tertiary/aromatic N) is 2. The van der Waals surface area contributed by atoms with E-state index >= 15 is 0 Å². The highest BCUT2D eigenvalue weighted by atomic mass is 16.6. The van der Waals surface area contributed by atoms with E-state index in [1.807, 2.05) is 17.9 Å². The summed E-state index contributed by atoms with van der Waals surface area (Å²) in [6.45, 7) is 3.05. The number of nitro groups is 1. The molecule has 0 fully saturated rings. The fraction of sp³-hybridized carbons (Fsp3) is 0.500. The van der Waals surface area contributed by atoms with Crippen LogP contribution >= 0.6 is 0 Å². The molecule has 1 atom stereocenters. The Kier molecular flexibility index (Phi) is 6.77. The molecule has 116 valence electrons. The molecule has 0 heterocycles. The molecule has 21 heavy (non-hydrogen) atoms. The molecule has 1 aromatic rings. The molecule has 7 heteroatoms. The van der Waals surface area contributed by atoms with Gasteiger partial charge in [-0.15, -0.1) is 0 Å². The third kappa shape index (κ3) is 5.49. The van der Waals surface area contributed by atoms with E-state index in [2.05, 4.69) is 5.32 Å². The second kappa shape index (κ2) is 8.33. The second-order valence-electron chi connectivity index (χ2n) is 4.79. The molecule has 7 nitrogen and oxygen atoms in total. The standard InChI is InChI=1S/C14H21N3O4/c1-11(12-5-4-6-13(9-12)17(19)20)16(2)10-14(18)15-7-8-21-3/h4-6,9,11H,7-8,10H2,1-3H3,(H,15,18). The third-order valence-corrected chi connectivity index (χ3v) is 3.25. The number of methoxy groups -OCH3 is 1. The summed E-state index contributed by atoms with van der Waals surface area (Å²) >= 11 is 0. The Bertz CT molecular complexity index is 493. The molecule has 1 amide bonds. The molecule has 0 bridgehead atoms. The Balaban J connectivity index is 2.61. The fourth-order valence-electron chi connectivity index (χ4n) is 1.86. The number of rotatable bonds is 8. The lowest BCUT2D eigenvalue weighted by molar-refractivity contribution is -0.384. The van der Waals surface area contributed by atoms with Gasteiger partial charge in [0.05, 0.1) is 18.1 Å². The summed E-state index contributed by atoms with van der Waals surface area (Å²) in [6, 6.07) is 6.35. The van der Waals surface area contributed by atoms with Gasteiger partial charge in [0.25, 0.3) is 5.69 Å². The van der Waals surface area contributed by atoms with E-state index in [1.165, 1.54) is 12.1 Å². The molecule has 1 rings (SSSR count). The highest BCUT2D eigenvalue weighted by Gasteiger charge is 2.17. The fourth-order valence-corrected chi connectivity index (χ4v) is 1.86. The maximum atomic E-state index is 11.7. The van der Waals surface area contributed by atoms with Crippen molar-refractivity contribution in [1.29, 1.82) is 0 Å². The normalized spacial score (nSPS) is 12.2. The molecular weight excluding hydrogens is 274 g/mol. The highest BCUT2D eigenvalue weighted by Crippen LogP contribution is 2.22. The van der Waals surface area contributed by atoms with Crippen LogP contribution in [0, 0.1) is 10.1 Å². The lowest BCUT2D eigenvalue weighted by Gasteiger charge is -2.24. The molecule has 0 saturated heterocycles. The number of carbonyl (C=O) groups excluding carboxylic acids is 1. The van der Waals surface area contributed by atoms with Crippen molar-refractivity contribution >= 4 is 11.6 Å². The molecule has 0 spiro atoms. The van der Waals surface area contributed by atoms with Crippen molar-refractivity contribution in [2.75, 3.05) is 33.9 Å². The molecule has 0 aliphatic carbocycles. The Hall–Kier alpha value is -1.99. The minimum Gasteiger partial charge on any atom is -0.383 e. The summed E-state index contributed by atoms with van der Waals surface area (Å²) in [4.78, 5) is 23.9. The van der Waals surface area contributed by atoms with Gasteiger partial charge in [-0.3, -0.25) is 19.8 Å². The average molecular weight is 295 g/mol.